The molecule has 0 aliphatic rings. The Bertz CT molecular complexity index is 1220. The van der Waals surface area contributed by atoms with E-state index in [2.05, 4.69) is 10.4 Å². The van der Waals surface area contributed by atoms with Crippen LogP contribution in [-0.4, -0.2) is 20.3 Å². The van der Waals surface area contributed by atoms with Crippen LogP contribution in [0.2, 0.25) is 5.02 Å². The van der Waals surface area contributed by atoms with Gasteiger partial charge in [0.2, 0.25) is 0 Å². The van der Waals surface area contributed by atoms with Crippen molar-refractivity contribution in [2.45, 2.75) is 13.5 Å². The number of furan rings is 1. The third kappa shape index (κ3) is 4.14. The monoisotopic (exact) mass is 408 g/mol. The molecule has 0 aliphatic carbocycles. The van der Waals surface area contributed by atoms with Crippen LogP contribution in [0.25, 0.3) is 5.69 Å². The fourth-order valence-corrected chi connectivity index (χ4v) is 3.02. The molecule has 0 bridgehead atoms. The van der Waals surface area contributed by atoms with Crippen molar-refractivity contribution < 1.29 is 9.21 Å². The van der Waals surface area contributed by atoms with Crippen LogP contribution in [0.1, 0.15) is 22.0 Å². The molecular formula is C21H17ClN4O3. The summed E-state index contributed by atoms with van der Waals surface area (Å²) in [6.45, 7) is 2.08. The lowest BCUT2D eigenvalue weighted by Gasteiger charge is -2.08. The zero-order valence-electron chi connectivity index (χ0n) is 15.5. The van der Waals surface area contributed by atoms with Gasteiger partial charge in [-0.1, -0.05) is 17.7 Å². The Morgan fingerprint density at radius 3 is 2.69 bits per heavy atom. The van der Waals surface area contributed by atoms with Crippen molar-refractivity contribution in [2.24, 2.45) is 0 Å². The van der Waals surface area contributed by atoms with Gasteiger partial charge in [0, 0.05) is 23.4 Å². The molecule has 1 amide bonds. The van der Waals surface area contributed by atoms with Gasteiger partial charge in [-0.25, -0.2) is 4.68 Å². The van der Waals surface area contributed by atoms with Crippen molar-refractivity contribution in [1.82, 2.24) is 14.3 Å². The highest BCUT2D eigenvalue weighted by Gasteiger charge is 2.16. The van der Waals surface area contributed by atoms with E-state index in [0.29, 0.717) is 16.6 Å². The van der Waals surface area contributed by atoms with Gasteiger partial charge >= 0.3 is 0 Å². The van der Waals surface area contributed by atoms with Crippen LogP contribution in [0.3, 0.4) is 0 Å². The Balaban J connectivity index is 1.53. The normalized spacial score (nSPS) is 10.8. The maximum Gasteiger partial charge on any atom is 0.292 e. The Hall–Kier alpha value is -3.58. The van der Waals surface area contributed by atoms with Crippen molar-refractivity contribution in [3.8, 4) is 5.69 Å². The van der Waals surface area contributed by atoms with Crippen molar-refractivity contribution in [2.75, 3.05) is 5.32 Å². The number of carbonyl (C=O) groups is 1. The van der Waals surface area contributed by atoms with Crippen molar-refractivity contribution >= 4 is 23.3 Å². The molecule has 7 nitrogen and oxygen atoms in total. The number of rotatable bonds is 5. The molecule has 29 heavy (non-hydrogen) atoms. The van der Waals surface area contributed by atoms with Crippen LogP contribution in [0, 0.1) is 6.92 Å². The molecule has 0 unspecified atom stereocenters. The minimum absolute atomic E-state index is 0.141. The molecule has 4 aromatic rings. The molecule has 0 radical (unpaired) electrons. The quantitative estimate of drug-likeness (QED) is 0.543. The molecule has 1 aromatic carbocycles. The maximum atomic E-state index is 12.7. The molecule has 3 aromatic heterocycles. The zero-order chi connectivity index (χ0) is 20.4. The minimum atomic E-state index is -0.410. The standard InChI is InChI=1S/C21H17ClN4O3/c1-14-12-19(26(24-14)16-7-5-15(22)6-8-16)23-21(28)18-10-9-17(29-18)13-25-11-3-2-4-20(25)27/h2-12H,13H2,1H3,(H,23,28). The summed E-state index contributed by atoms with van der Waals surface area (Å²) in [6, 6.07) is 17.1. The minimum Gasteiger partial charge on any atom is -0.454 e. The molecule has 0 spiro atoms. The van der Waals surface area contributed by atoms with E-state index in [-0.39, 0.29) is 17.9 Å². The molecule has 0 fully saturated rings. The second kappa shape index (κ2) is 7.81. The average Bonchev–Trinajstić information content (AvgIpc) is 3.31. The molecule has 0 saturated heterocycles. The fourth-order valence-electron chi connectivity index (χ4n) is 2.89. The number of hydrogen-bond acceptors (Lipinski definition) is 4. The van der Waals surface area contributed by atoms with Crippen molar-refractivity contribution in [3.63, 3.8) is 0 Å². The second-order valence-corrected chi connectivity index (χ2v) is 6.88. The predicted octanol–water partition coefficient (Wildman–Crippen LogP) is 3.89. The highest BCUT2D eigenvalue weighted by atomic mass is 35.5. The lowest BCUT2D eigenvalue weighted by molar-refractivity contribution is 0.0994. The van der Waals surface area contributed by atoms with Gasteiger partial charge in [0.1, 0.15) is 11.6 Å². The van der Waals surface area contributed by atoms with Crippen LogP contribution in [0.4, 0.5) is 5.82 Å². The Morgan fingerprint density at radius 2 is 1.93 bits per heavy atom. The number of benzene rings is 1. The van der Waals surface area contributed by atoms with Gasteiger partial charge in [-0.3, -0.25) is 9.59 Å². The van der Waals surface area contributed by atoms with Gasteiger partial charge in [-0.05, 0) is 49.4 Å². The zero-order valence-corrected chi connectivity index (χ0v) is 16.3. The van der Waals surface area contributed by atoms with Gasteiger partial charge in [-0.2, -0.15) is 5.10 Å². The van der Waals surface area contributed by atoms with Gasteiger partial charge in [0.25, 0.3) is 11.5 Å². The van der Waals surface area contributed by atoms with E-state index in [1.54, 1.807) is 53.3 Å². The number of carbonyl (C=O) groups excluding carboxylic acids is 1. The predicted molar refractivity (Wildman–Crippen MR) is 110 cm³/mol. The van der Waals surface area contributed by atoms with Gasteiger partial charge in [-0.15, -0.1) is 0 Å². The number of amides is 1. The number of aryl methyl sites for hydroxylation is 1. The SMILES string of the molecule is Cc1cc(NC(=O)c2ccc(Cn3ccccc3=O)o2)n(-c2ccc(Cl)cc2)n1. The van der Waals surface area contributed by atoms with E-state index in [9.17, 15) is 9.59 Å². The number of anilines is 1. The molecule has 3 heterocycles. The number of aromatic nitrogens is 3. The highest BCUT2D eigenvalue weighted by molar-refractivity contribution is 6.30. The third-order valence-electron chi connectivity index (χ3n) is 4.25. The van der Waals surface area contributed by atoms with E-state index in [1.165, 1.54) is 10.6 Å². The number of nitrogens with zero attached hydrogens (tertiary/aromatic N) is 3. The van der Waals surface area contributed by atoms with E-state index in [0.717, 1.165) is 11.4 Å². The Morgan fingerprint density at radius 1 is 1.14 bits per heavy atom. The number of halogens is 1. The number of nitrogens with one attached hydrogen (secondary N) is 1. The van der Waals surface area contributed by atoms with E-state index >= 15 is 0 Å². The largest absolute Gasteiger partial charge is 0.454 e. The van der Waals surface area contributed by atoms with Crippen LogP contribution >= 0.6 is 11.6 Å². The average molecular weight is 409 g/mol. The van der Waals surface area contributed by atoms with Gasteiger partial charge in [0.15, 0.2) is 5.76 Å². The summed E-state index contributed by atoms with van der Waals surface area (Å²) in [4.78, 5) is 24.5. The molecule has 8 heteroatoms. The first kappa shape index (κ1) is 18.8. The Kier molecular flexibility index (Phi) is 5.05. The smallest absolute Gasteiger partial charge is 0.292 e. The van der Waals surface area contributed by atoms with Crippen LogP contribution < -0.4 is 10.9 Å². The third-order valence-corrected chi connectivity index (χ3v) is 4.51. The molecule has 146 valence electrons. The summed E-state index contributed by atoms with van der Waals surface area (Å²) >= 11 is 5.95. The number of pyridine rings is 1. The second-order valence-electron chi connectivity index (χ2n) is 6.45. The van der Waals surface area contributed by atoms with Crippen molar-refractivity contribution in [3.05, 3.63) is 99.5 Å². The van der Waals surface area contributed by atoms with Crippen LogP contribution in [0.15, 0.2) is 76.1 Å². The molecule has 1 N–H and O–H groups in total. The summed E-state index contributed by atoms with van der Waals surface area (Å²) < 4.78 is 8.75. The van der Waals surface area contributed by atoms with Crippen molar-refractivity contribution in [1.29, 1.82) is 0 Å². The lowest BCUT2D eigenvalue weighted by Crippen LogP contribution is -2.18. The highest BCUT2D eigenvalue weighted by Crippen LogP contribution is 2.20. The Labute approximate surface area is 171 Å². The van der Waals surface area contributed by atoms with E-state index in [1.807, 2.05) is 19.1 Å². The summed E-state index contributed by atoms with van der Waals surface area (Å²) in [6.07, 6.45) is 1.66. The molecular weight excluding hydrogens is 392 g/mol. The van der Waals surface area contributed by atoms with Gasteiger partial charge < -0.3 is 14.3 Å². The first-order valence-corrected chi connectivity index (χ1v) is 9.25. The molecule has 0 atom stereocenters. The first-order valence-electron chi connectivity index (χ1n) is 8.88. The molecule has 0 saturated carbocycles. The first-order chi connectivity index (χ1) is 14.0. The van der Waals surface area contributed by atoms with E-state index < -0.39 is 5.91 Å². The fraction of sp³-hybridized carbons (Fsp3) is 0.0952. The summed E-state index contributed by atoms with van der Waals surface area (Å²) in [5.41, 5.74) is 1.37. The molecule has 0 aliphatic heterocycles. The van der Waals surface area contributed by atoms with Crippen LogP contribution in [-0.2, 0) is 6.54 Å². The maximum absolute atomic E-state index is 12.7. The van der Waals surface area contributed by atoms with E-state index in [4.69, 9.17) is 16.0 Å². The summed E-state index contributed by atoms with van der Waals surface area (Å²) in [5, 5.41) is 7.85. The summed E-state index contributed by atoms with van der Waals surface area (Å²) in [5.74, 6) is 0.746. The molecule has 4 rings (SSSR count). The lowest BCUT2D eigenvalue weighted by atomic mass is 10.3. The van der Waals surface area contributed by atoms with Gasteiger partial charge in [0.05, 0.1) is 17.9 Å². The topological polar surface area (TPSA) is 82.1 Å². The summed E-state index contributed by atoms with van der Waals surface area (Å²) in [7, 11) is 0. The van der Waals surface area contributed by atoms with Crippen LogP contribution in [0.5, 0.6) is 0 Å². The number of hydrogen-bond donors (Lipinski definition) is 1.